The van der Waals surface area contributed by atoms with E-state index in [1.165, 1.54) is 0 Å². The predicted molar refractivity (Wildman–Crippen MR) is 93.1 cm³/mol. The lowest BCUT2D eigenvalue weighted by Crippen LogP contribution is -2.33. The fraction of sp³-hybridized carbons (Fsp3) is 0.222. The van der Waals surface area contributed by atoms with Crippen LogP contribution in [0.5, 0.6) is 0 Å². The third kappa shape index (κ3) is 4.33. The van der Waals surface area contributed by atoms with Crippen LogP contribution in [-0.4, -0.2) is 18.4 Å². The van der Waals surface area contributed by atoms with E-state index in [-0.39, 0.29) is 18.4 Å². The summed E-state index contributed by atoms with van der Waals surface area (Å²) in [5.41, 5.74) is 4.27. The van der Waals surface area contributed by atoms with Gasteiger partial charge in [0.1, 0.15) is 0 Å². The fourth-order valence-corrected chi connectivity index (χ4v) is 2.68. The Labute approximate surface area is 140 Å². The molecule has 0 spiro atoms. The molecule has 0 saturated carbocycles. The number of carbonyl (C=O) groups is 2. The van der Waals surface area contributed by atoms with Crippen LogP contribution in [0, 0.1) is 20.8 Å². The molecule has 4 nitrogen and oxygen atoms in total. The molecule has 2 rings (SSSR count). The molecule has 0 unspecified atom stereocenters. The van der Waals surface area contributed by atoms with Crippen molar-refractivity contribution >= 4 is 29.1 Å². The Morgan fingerprint density at radius 1 is 1.04 bits per heavy atom. The van der Waals surface area contributed by atoms with Gasteiger partial charge in [0.15, 0.2) is 0 Å². The second-order valence-electron chi connectivity index (χ2n) is 5.48. The quantitative estimate of drug-likeness (QED) is 0.899. The Kier molecular flexibility index (Phi) is 5.40. The Morgan fingerprint density at radius 2 is 1.65 bits per heavy atom. The number of hydrogen-bond acceptors (Lipinski definition) is 2. The van der Waals surface area contributed by atoms with E-state index < -0.39 is 0 Å². The maximum absolute atomic E-state index is 12.1. The Bertz CT molecular complexity index is 733. The fourth-order valence-electron chi connectivity index (χ4n) is 2.46. The van der Waals surface area contributed by atoms with Crippen molar-refractivity contribution in [1.82, 2.24) is 5.32 Å². The number of rotatable bonds is 4. The summed E-state index contributed by atoms with van der Waals surface area (Å²) in [5, 5.41) is 5.77. The molecular formula is C18H19ClN2O2. The van der Waals surface area contributed by atoms with Gasteiger partial charge in [-0.1, -0.05) is 41.4 Å². The average molecular weight is 331 g/mol. The van der Waals surface area contributed by atoms with Gasteiger partial charge in [0.2, 0.25) is 5.91 Å². The topological polar surface area (TPSA) is 58.2 Å². The van der Waals surface area contributed by atoms with Crippen LogP contribution in [0.3, 0.4) is 0 Å². The summed E-state index contributed by atoms with van der Waals surface area (Å²) in [4.78, 5) is 24.1. The Balaban J connectivity index is 1.99. The van der Waals surface area contributed by atoms with Crippen molar-refractivity contribution in [3.05, 3.63) is 63.7 Å². The van der Waals surface area contributed by atoms with Crippen molar-refractivity contribution in [2.75, 3.05) is 11.9 Å². The van der Waals surface area contributed by atoms with Gasteiger partial charge < -0.3 is 10.6 Å². The number of carbonyl (C=O) groups excluding carboxylic acids is 2. The van der Waals surface area contributed by atoms with Gasteiger partial charge in [0.05, 0.1) is 17.1 Å². The number of aryl methyl sites for hydroxylation is 3. The van der Waals surface area contributed by atoms with E-state index in [2.05, 4.69) is 10.6 Å². The number of hydrogen-bond donors (Lipinski definition) is 2. The molecule has 5 heteroatoms. The highest BCUT2D eigenvalue weighted by Crippen LogP contribution is 2.21. The van der Waals surface area contributed by atoms with Crippen molar-refractivity contribution in [3.8, 4) is 0 Å². The first-order valence-electron chi connectivity index (χ1n) is 7.29. The van der Waals surface area contributed by atoms with Gasteiger partial charge in [0, 0.05) is 5.69 Å². The van der Waals surface area contributed by atoms with E-state index in [4.69, 9.17) is 11.6 Å². The third-order valence-electron chi connectivity index (χ3n) is 3.47. The van der Waals surface area contributed by atoms with E-state index >= 15 is 0 Å². The Morgan fingerprint density at radius 3 is 2.26 bits per heavy atom. The van der Waals surface area contributed by atoms with Crippen LogP contribution in [0.1, 0.15) is 27.0 Å². The maximum atomic E-state index is 12.1. The zero-order valence-corrected chi connectivity index (χ0v) is 14.1. The molecule has 0 aliphatic carbocycles. The number of halogens is 1. The summed E-state index contributed by atoms with van der Waals surface area (Å²) in [7, 11) is 0. The Hall–Kier alpha value is -2.33. The molecule has 0 saturated heterocycles. The molecule has 0 atom stereocenters. The SMILES string of the molecule is Cc1cc(C)c(NC(=O)CNC(=O)c2ccccc2Cl)c(C)c1. The largest absolute Gasteiger partial charge is 0.343 e. The van der Waals surface area contributed by atoms with E-state index in [9.17, 15) is 9.59 Å². The summed E-state index contributed by atoms with van der Waals surface area (Å²) in [6, 6.07) is 10.7. The summed E-state index contributed by atoms with van der Waals surface area (Å²) in [5.74, 6) is -0.649. The van der Waals surface area contributed by atoms with Gasteiger partial charge in [-0.3, -0.25) is 9.59 Å². The summed E-state index contributed by atoms with van der Waals surface area (Å²) in [6.07, 6.45) is 0. The molecule has 0 fully saturated rings. The van der Waals surface area contributed by atoms with Crippen molar-refractivity contribution in [2.24, 2.45) is 0 Å². The molecular weight excluding hydrogens is 312 g/mol. The smallest absolute Gasteiger partial charge is 0.253 e. The molecule has 0 aromatic heterocycles. The maximum Gasteiger partial charge on any atom is 0.253 e. The van der Waals surface area contributed by atoms with Crippen LogP contribution in [0.2, 0.25) is 5.02 Å². The second kappa shape index (κ2) is 7.29. The number of anilines is 1. The molecule has 0 aliphatic rings. The molecule has 2 aromatic carbocycles. The third-order valence-corrected chi connectivity index (χ3v) is 3.80. The van der Waals surface area contributed by atoms with Gasteiger partial charge in [-0.25, -0.2) is 0 Å². The highest BCUT2D eigenvalue weighted by Gasteiger charge is 2.12. The highest BCUT2D eigenvalue weighted by atomic mass is 35.5. The number of benzene rings is 2. The standard InChI is InChI=1S/C18H19ClN2O2/c1-11-8-12(2)17(13(3)9-11)21-16(22)10-20-18(23)14-6-4-5-7-15(14)19/h4-9H,10H2,1-3H3,(H,20,23)(H,21,22). The van der Waals surface area contributed by atoms with Crippen molar-refractivity contribution in [1.29, 1.82) is 0 Å². The minimum Gasteiger partial charge on any atom is -0.343 e. The van der Waals surface area contributed by atoms with Crippen LogP contribution in [0.4, 0.5) is 5.69 Å². The zero-order chi connectivity index (χ0) is 17.0. The lowest BCUT2D eigenvalue weighted by molar-refractivity contribution is -0.115. The predicted octanol–water partition coefficient (Wildman–Crippen LogP) is 3.63. The van der Waals surface area contributed by atoms with Gasteiger partial charge in [-0.2, -0.15) is 0 Å². The van der Waals surface area contributed by atoms with E-state index in [1.807, 2.05) is 32.9 Å². The van der Waals surface area contributed by atoms with Gasteiger partial charge in [-0.15, -0.1) is 0 Å². The first-order chi connectivity index (χ1) is 10.9. The zero-order valence-electron chi connectivity index (χ0n) is 13.4. The first kappa shape index (κ1) is 17.0. The second-order valence-corrected chi connectivity index (χ2v) is 5.89. The summed E-state index contributed by atoms with van der Waals surface area (Å²) >= 11 is 5.96. The van der Waals surface area contributed by atoms with Gasteiger partial charge in [-0.05, 0) is 44.0 Å². The van der Waals surface area contributed by atoms with Crippen LogP contribution >= 0.6 is 11.6 Å². The van der Waals surface area contributed by atoms with Crippen LogP contribution in [0.25, 0.3) is 0 Å². The molecule has 2 aromatic rings. The first-order valence-corrected chi connectivity index (χ1v) is 7.66. The van der Waals surface area contributed by atoms with E-state index in [1.54, 1.807) is 24.3 Å². The van der Waals surface area contributed by atoms with Crippen molar-refractivity contribution in [3.63, 3.8) is 0 Å². The molecule has 0 heterocycles. The molecule has 120 valence electrons. The summed E-state index contributed by atoms with van der Waals surface area (Å²) < 4.78 is 0. The molecule has 23 heavy (non-hydrogen) atoms. The highest BCUT2D eigenvalue weighted by molar-refractivity contribution is 6.33. The van der Waals surface area contributed by atoms with Crippen LogP contribution < -0.4 is 10.6 Å². The van der Waals surface area contributed by atoms with E-state index in [0.717, 1.165) is 22.4 Å². The lowest BCUT2D eigenvalue weighted by Gasteiger charge is -2.13. The van der Waals surface area contributed by atoms with Gasteiger partial charge >= 0.3 is 0 Å². The monoisotopic (exact) mass is 330 g/mol. The molecule has 0 bridgehead atoms. The molecule has 0 radical (unpaired) electrons. The minimum absolute atomic E-state index is 0.114. The minimum atomic E-state index is -0.372. The summed E-state index contributed by atoms with van der Waals surface area (Å²) in [6.45, 7) is 5.78. The number of nitrogens with one attached hydrogen (secondary N) is 2. The van der Waals surface area contributed by atoms with Crippen molar-refractivity contribution < 1.29 is 9.59 Å². The van der Waals surface area contributed by atoms with Crippen LogP contribution in [0.15, 0.2) is 36.4 Å². The normalized spacial score (nSPS) is 10.3. The van der Waals surface area contributed by atoms with E-state index in [0.29, 0.717) is 10.6 Å². The average Bonchev–Trinajstić information content (AvgIpc) is 2.49. The number of amides is 2. The lowest BCUT2D eigenvalue weighted by atomic mass is 10.1. The molecule has 2 N–H and O–H groups in total. The van der Waals surface area contributed by atoms with Crippen LogP contribution in [-0.2, 0) is 4.79 Å². The molecule has 0 aliphatic heterocycles. The molecule has 2 amide bonds. The van der Waals surface area contributed by atoms with Crippen molar-refractivity contribution in [2.45, 2.75) is 20.8 Å². The van der Waals surface area contributed by atoms with Gasteiger partial charge in [0.25, 0.3) is 5.91 Å².